The van der Waals surface area contributed by atoms with E-state index in [-0.39, 0.29) is 5.38 Å². The van der Waals surface area contributed by atoms with Crippen LogP contribution in [0.2, 0.25) is 5.02 Å². The van der Waals surface area contributed by atoms with Gasteiger partial charge in [0.25, 0.3) is 0 Å². The first-order valence-electron chi connectivity index (χ1n) is 11.4. The molecule has 1 aliphatic heterocycles. The van der Waals surface area contributed by atoms with Gasteiger partial charge in [-0.05, 0) is 23.8 Å². The summed E-state index contributed by atoms with van der Waals surface area (Å²) in [6.45, 7) is 4.83. The third kappa shape index (κ3) is 7.56. The van der Waals surface area contributed by atoms with Crippen LogP contribution in [0.3, 0.4) is 0 Å². The number of nitrogens with zero attached hydrogens (tertiary/aromatic N) is 3. The first-order valence-corrected chi connectivity index (χ1v) is 13.2. The summed E-state index contributed by atoms with van der Waals surface area (Å²) in [7, 11) is 0. The fraction of sp³-hybridized carbons (Fsp3) is 0.320. The van der Waals surface area contributed by atoms with E-state index in [2.05, 4.69) is 15.5 Å². The van der Waals surface area contributed by atoms with Gasteiger partial charge in [0.1, 0.15) is 11.6 Å². The predicted molar refractivity (Wildman–Crippen MR) is 146 cm³/mol. The molecular formula is C25H28Cl2N6OS. The number of ether oxygens (including phenoxy) is 1. The molecule has 1 saturated heterocycles. The first-order chi connectivity index (χ1) is 17.1. The lowest BCUT2D eigenvalue weighted by Gasteiger charge is -2.26. The highest BCUT2D eigenvalue weighted by molar-refractivity contribution is 7.99. The summed E-state index contributed by atoms with van der Waals surface area (Å²) >= 11 is 14.4. The zero-order valence-electron chi connectivity index (χ0n) is 19.2. The fourth-order valence-electron chi connectivity index (χ4n) is 3.64. The average Bonchev–Trinajstić information content (AvgIpc) is 2.88. The summed E-state index contributed by atoms with van der Waals surface area (Å²) in [6.07, 6.45) is 1.25. The van der Waals surface area contributed by atoms with Gasteiger partial charge in [-0.1, -0.05) is 59.8 Å². The van der Waals surface area contributed by atoms with Gasteiger partial charge >= 0.3 is 0 Å². The lowest BCUT2D eigenvalue weighted by molar-refractivity contribution is 0.0410. The Morgan fingerprint density at radius 3 is 2.60 bits per heavy atom. The molecule has 7 nitrogen and oxygen atoms in total. The van der Waals surface area contributed by atoms with Crippen LogP contribution in [0.1, 0.15) is 16.5 Å². The number of hydrogen-bond donors (Lipinski definition) is 3. The van der Waals surface area contributed by atoms with Crippen LogP contribution in [0.25, 0.3) is 0 Å². The van der Waals surface area contributed by atoms with E-state index < -0.39 is 0 Å². The largest absolute Gasteiger partial charge is 0.379 e. The van der Waals surface area contributed by atoms with Crippen molar-refractivity contribution in [1.82, 2.24) is 14.9 Å². The van der Waals surface area contributed by atoms with Crippen LogP contribution in [0, 0.1) is 5.41 Å². The van der Waals surface area contributed by atoms with Crippen LogP contribution in [-0.4, -0.2) is 66.2 Å². The van der Waals surface area contributed by atoms with Crippen LogP contribution in [0.4, 0.5) is 17.3 Å². The van der Waals surface area contributed by atoms with Crippen LogP contribution in [-0.2, 0) is 4.74 Å². The van der Waals surface area contributed by atoms with E-state index >= 15 is 0 Å². The molecule has 0 bridgehead atoms. The quantitative estimate of drug-likeness (QED) is 0.127. The number of alkyl halides is 1. The second-order valence-corrected chi connectivity index (χ2v) is 9.98. The molecule has 2 aromatic carbocycles. The predicted octanol–water partition coefficient (Wildman–Crippen LogP) is 5.69. The van der Waals surface area contributed by atoms with Crippen LogP contribution < -0.4 is 10.6 Å². The van der Waals surface area contributed by atoms with E-state index in [9.17, 15) is 0 Å². The number of halogens is 2. The number of nitrogens with one attached hydrogen (secondary N) is 3. The van der Waals surface area contributed by atoms with Crippen molar-refractivity contribution in [3.05, 3.63) is 70.7 Å². The average molecular weight is 532 g/mol. The summed E-state index contributed by atoms with van der Waals surface area (Å²) < 4.78 is 5.43. The molecule has 3 N–H and O–H groups in total. The molecule has 1 atom stereocenters. The van der Waals surface area contributed by atoms with Crippen molar-refractivity contribution in [3.63, 3.8) is 0 Å². The lowest BCUT2D eigenvalue weighted by atomic mass is 10.1. The van der Waals surface area contributed by atoms with Crippen molar-refractivity contribution in [3.8, 4) is 0 Å². The van der Waals surface area contributed by atoms with Crippen molar-refractivity contribution >= 4 is 58.5 Å². The molecule has 3 aromatic rings. The Morgan fingerprint density at radius 2 is 1.86 bits per heavy atom. The normalized spacial score (nSPS) is 14.9. The third-order valence-electron chi connectivity index (χ3n) is 5.51. The van der Waals surface area contributed by atoms with Crippen molar-refractivity contribution in [1.29, 1.82) is 5.41 Å². The highest BCUT2D eigenvalue weighted by Gasteiger charge is 2.17. The Bertz CT molecular complexity index is 1110. The van der Waals surface area contributed by atoms with E-state index in [1.54, 1.807) is 11.8 Å². The second kappa shape index (κ2) is 13.1. The summed E-state index contributed by atoms with van der Waals surface area (Å²) in [5.41, 5.74) is 2.36. The number of hydrogen-bond acceptors (Lipinski definition) is 8. The molecule has 1 aromatic heterocycles. The number of aromatic nitrogens is 2. The minimum Gasteiger partial charge on any atom is -0.379 e. The Hall–Kier alpha value is -2.36. The smallest absolute Gasteiger partial charge is 0.191 e. The van der Waals surface area contributed by atoms with E-state index in [1.165, 1.54) is 6.21 Å². The monoisotopic (exact) mass is 530 g/mol. The van der Waals surface area contributed by atoms with Gasteiger partial charge < -0.3 is 20.8 Å². The SMILES string of the molecule is N=Cc1c(NCC(Cl)c2ccccc2)nc(SCCN2CCOCC2)nc1Nc1cccc(Cl)c1. The summed E-state index contributed by atoms with van der Waals surface area (Å²) in [5, 5.41) is 15.7. The maximum absolute atomic E-state index is 8.06. The molecule has 10 heteroatoms. The molecule has 0 radical (unpaired) electrons. The van der Waals surface area contributed by atoms with E-state index in [1.807, 2.05) is 54.6 Å². The summed E-state index contributed by atoms with van der Waals surface area (Å²) in [4.78, 5) is 11.8. The summed E-state index contributed by atoms with van der Waals surface area (Å²) in [5.74, 6) is 1.96. The van der Waals surface area contributed by atoms with Crippen LogP contribution in [0.5, 0.6) is 0 Å². The minimum absolute atomic E-state index is 0.244. The van der Waals surface area contributed by atoms with Crippen LogP contribution >= 0.6 is 35.0 Å². The molecule has 0 amide bonds. The molecule has 1 fully saturated rings. The molecule has 0 saturated carbocycles. The topological polar surface area (TPSA) is 86.2 Å². The van der Waals surface area contributed by atoms with E-state index in [0.29, 0.717) is 33.9 Å². The van der Waals surface area contributed by atoms with Gasteiger partial charge in [0, 0.05) is 48.9 Å². The van der Waals surface area contributed by atoms with Gasteiger partial charge in [0.2, 0.25) is 0 Å². The minimum atomic E-state index is -0.244. The zero-order chi connectivity index (χ0) is 24.5. The van der Waals surface area contributed by atoms with Crippen molar-refractivity contribution < 1.29 is 4.74 Å². The number of benzene rings is 2. The lowest BCUT2D eigenvalue weighted by Crippen LogP contribution is -2.37. The van der Waals surface area contributed by atoms with Gasteiger partial charge in [0.15, 0.2) is 5.16 Å². The second-order valence-electron chi connectivity index (χ2n) is 7.96. The molecule has 2 heterocycles. The van der Waals surface area contributed by atoms with Gasteiger partial charge in [-0.3, -0.25) is 4.90 Å². The molecule has 4 rings (SSSR count). The van der Waals surface area contributed by atoms with Gasteiger partial charge in [0.05, 0.1) is 24.2 Å². The maximum atomic E-state index is 8.06. The van der Waals surface area contributed by atoms with Gasteiger partial charge in [-0.25, -0.2) is 9.97 Å². The van der Waals surface area contributed by atoms with Gasteiger partial charge in [-0.2, -0.15) is 0 Å². The van der Waals surface area contributed by atoms with E-state index in [0.717, 1.165) is 49.9 Å². The Labute approximate surface area is 220 Å². The van der Waals surface area contributed by atoms with Gasteiger partial charge in [-0.15, -0.1) is 11.6 Å². The molecule has 0 spiro atoms. The number of anilines is 3. The Kier molecular flexibility index (Phi) is 9.62. The third-order valence-corrected chi connectivity index (χ3v) is 6.98. The molecular weight excluding hydrogens is 503 g/mol. The zero-order valence-corrected chi connectivity index (χ0v) is 21.5. The van der Waals surface area contributed by atoms with Crippen molar-refractivity contribution in [2.75, 3.05) is 55.8 Å². The van der Waals surface area contributed by atoms with E-state index in [4.69, 9.17) is 43.3 Å². The van der Waals surface area contributed by atoms with Crippen molar-refractivity contribution in [2.24, 2.45) is 0 Å². The Morgan fingerprint density at radius 1 is 1.09 bits per heavy atom. The molecule has 1 aliphatic rings. The maximum Gasteiger partial charge on any atom is 0.191 e. The van der Waals surface area contributed by atoms with Crippen LogP contribution in [0.15, 0.2) is 59.8 Å². The number of rotatable bonds is 11. The highest BCUT2D eigenvalue weighted by atomic mass is 35.5. The summed E-state index contributed by atoms with van der Waals surface area (Å²) in [6, 6.07) is 17.3. The standard InChI is InChI=1S/C25H28Cl2N6OS/c26-19-7-4-8-20(15-19)30-24-21(16-28)23(29-17-22(27)18-5-2-1-3-6-18)31-25(32-24)35-14-11-33-9-12-34-13-10-33/h1-8,15-16,22,28H,9-14,17H2,(H2,29,30,31,32). The highest BCUT2D eigenvalue weighted by Crippen LogP contribution is 2.29. The molecule has 0 aliphatic carbocycles. The number of thioether (sulfide) groups is 1. The number of morpholine rings is 1. The molecule has 35 heavy (non-hydrogen) atoms. The van der Waals surface area contributed by atoms with Crippen molar-refractivity contribution in [2.45, 2.75) is 10.5 Å². The Balaban J connectivity index is 1.54. The fourth-order valence-corrected chi connectivity index (χ4v) is 4.90. The molecule has 184 valence electrons. The molecule has 1 unspecified atom stereocenters. The first kappa shape index (κ1) is 25.7.